The van der Waals surface area contributed by atoms with Crippen LogP contribution in [0, 0.1) is 0 Å². The third-order valence-corrected chi connectivity index (χ3v) is 3.71. The molecule has 4 nitrogen and oxygen atoms in total. The maximum atomic E-state index is 12.2. The SMILES string of the molecule is COc1ccc(Cl)cc1CC(=O)N1CCC(N)CC1. The maximum absolute atomic E-state index is 12.2. The van der Waals surface area contributed by atoms with Crippen LogP contribution >= 0.6 is 11.6 Å². The minimum atomic E-state index is 0.104. The maximum Gasteiger partial charge on any atom is 0.227 e. The van der Waals surface area contributed by atoms with E-state index in [1.807, 2.05) is 4.90 Å². The third-order valence-electron chi connectivity index (χ3n) is 3.48. The number of halogens is 1. The minimum Gasteiger partial charge on any atom is -0.496 e. The van der Waals surface area contributed by atoms with Gasteiger partial charge in [-0.1, -0.05) is 11.6 Å². The van der Waals surface area contributed by atoms with Gasteiger partial charge in [0.15, 0.2) is 0 Å². The topological polar surface area (TPSA) is 55.6 Å². The Kier molecular flexibility index (Phi) is 4.66. The van der Waals surface area contributed by atoms with Gasteiger partial charge < -0.3 is 15.4 Å². The number of nitrogens with two attached hydrogens (primary N) is 1. The lowest BCUT2D eigenvalue weighted by Gasteiger charge is -2.30. The van der Waals surface area contributed by atoms with Crippen LogP contribution in [0.3, 0.4) is 0 Å². The van der Waals surface area contributed by atoms with Gasteiger partial charge in [0.05, 0.1) is 13.5 Å². The van der Waals surface area contributed by atoms with Gasteiger partial charge in [-0.3, -0.25) is 4.79 Å². The third kappa shape index (κ3) is 3.61. The van der Waals surface area contributed by atoms with E-state index in [9.17, 15) is 4.79 Å². The van der Waals surface area contributed by atoms with E-state index in [4.69, 9.17) is 22.1 Å². The second kappa shape index (κ2) is 6.26. The summed E-state index contributed by atoms with van der Waals surface area (Å²) in [4.78, 5) is 14.1. The molecule has 2 N–H and O–H groups in total. The number of carbonyl (C=O) groups is 1. The summed E-state index contributed by atoms with van der Waals surface area (Å²) in [5.41, 5.74) is 6.67. The molecule has 104 valence electrons. The molecule has 19 heavy (non-hydrogen) atoms. The highest BCUT2D eigenvalue weighted by Crippen LogP contribution is 2.24. The highest BCUT2D eigenvalue weighted by molar-refractivity contribution is 6.30. The Labute approximate surface area is 118 Å². The molecule has 2 rings (SSSR count). The zero-order chi connectivity index (χ0) is 13.8. The van der Waals surface area contributed by atoms with Crippen LogP contribution in [0.15, 0.2) is 18.2 Å². The van der Waals surface area contributed by atoms with Gasteiger partial charge >= 0.3 is 0 Å². The number of likely N-dealkylation sites (tertiary alicyclic amines) is 1. The molecule has 0 saturated carbocycles. The van der Waals surface area contributed by atoms with Crippen molar-refractivity contribution in [2.24, 2.45) is 5.73 Å². The molecule has 1 aromatic carbocycles. The van der Waals surface area contributed by atoms with Crippen molar-refractivity contribution in [3.63, 3.8) is 0 Å². The van der Waals surface area contributed by atoms with Crippen LogP contribution in [0.2, 0.25) is 5.02 Å². The lowest BCUT2D eigenvalue weighted by atomic mass is 10.0. The van der Waals surface area contributed by atoms with Gasteiger partial charge in [0, 0.05) is 29.7 Å². The number of rotatable bonds is 3. The van der Waals surface area contributed by atoms with Gasteiger partial charge in [-0.25, -0.2) is 0 Å². The number of ether oxygens (including phenoxy) is 1. The van der Waals surface area contributed by atoms with Gasteiger partial charge in [0.25, 0.3) is 0 Å². The van der Waals surface area contributed by atoms with Crippen LogP contribution in [0.1, 0.15) is 18.4 Å². The summed E-state index contributed by atoms with van der Waals surface area (Å²) in [6.45, 7) is 1.48. The van der Waals surface area contributed by atoms with Gasteiger partial charge in [-0.05, 0) is 31.0 Å². The van der Waals surface area contributed by atoms with E-state index in [2.05, 4.69) is 0 Å². The standard InChI is InChI=1S/C14H19ClN2O2/c1-19-13-3-2-11(15)8-10(13)9-14(18)17-6-4-12(16)5-7-17/h2-3,8,12H,4-7,9,16H2,1H3. The number of hydrogen-bond donors (Lipinski definition) is 1. The van der Waals surface area contributed by atoms with Crippen LogP contribution in [-0.2, 0) is 11.2 Å². The Bertz CT molecular complexity index is 457. The van der Waals surface area contributed by atoms with Crippen molar-refractivity contribution in [3.05, 3.63) is 28.8 Å². The predicted octanol–water partition coefficient (Wildman–Crippen LogP) is 1.84. The van der Waals surface area contributed by atoms with E-state index in [0.29, 0.717) is 17.2 Å². The Morgan fingerprint density at radius 1 is 1.47 bits per heavy atom. The molecule has 0 radical (unpaired) electrons. The predicted molar refractivity (Wildman–Crippen MR) is 75.5 cm³/mol. The molecule has 0 bridgehead atoms. The average molecular weight is 283 g/mol. The number of carbonyl (C=O) groups excluding carboxylic acids is 1. The van der Waals surface area contributed by atoms with E-state index >= 15 is 0 Å². The first kappa shape index (κ1) is 14.2. The van der Waals surface area contributed by atoms with Crippen LogP contribution in [0.25, 0.3) is 0 Å². The number of hydrogen-bond acceptors (Lipinski definition) is 3. The summed E-state index contributed by atoms with van der Waals surface area (Å²) in [7, 11) is 1.59. The van der Waals surface area contributed by atoms with Gasteiger partial charge in [0.2, 0.25) is 5.91 Å². The molecule has 0 spiro atoms. The minimum absolute atomic E-state index is 0.104. The normalized spacial score (nSPS) is 16.5. The fourth-order valence-electron chi connectivity index (χ4n) is 2.31. The number of methoxy groups -OCH3 is 1. The first-order chi connectivity index (χ1) is 9.10. The zero-order valence-corrected chi connectivity index (χ0v) is 11.8. The van der Waals surface area contributed by atoms with Gasteiger partial charge in [0.1, 0.15) is 5.75 Å². The second-order valence-electron chi connectivity index (χ2n) is 4.85. The Hall–Kier alpha value is -1.26. The molecule has 0 unspecified atom stereocenters. The molecule has 1 aliphatic heterocycles. The average Bonchev–Trinajstić information content (AvgIpc) is 2.39. The first-order valence-corrected chi connectivity index (χ1v) is 6.83. The van der Waals surface area contributed by atoms with E-state index in [-0.39, 0.29) is 11.9 Å². The quantitative estimate of drug-likeness (QED) is 0.920. The number of amides is 1. The number of piperidine rings is 1. The van der Waals surface area contributed by atoms with E-state index < -0.39 is 0 Å². The lowest BCUT2D eigenvalue weighted by molar-refractivity contribution is -0.131. The van der Waals surface area contributed by atoms with E-state index in [0.717, 1.165) is 31.5 Å². The number of nitrogens with zero attached hydrogens (tertiary/aromatic N) is 1. The molecule has 1 amide bonds. The van der Waals surface area contributed by atoms with E-state index in [1.165, 1.54) is 0 Å². The highest BCUT2D eigenvalue weighted by Gasteiger charge is 2.21. The van der Waals surface area contributed by atoms with Crippen molar-refractivity contribution in [1.82, 2.24) is 4.90 Å². The molecule has 5 heteroatoms. The Morgan fingerprint density at radius 3 is 2.79 bits per heavy atom. The van der Waals surface area contributed by atoms with Crippen LogP contribution in [-0.4, -0.2) is 37.0 Å². The molecule has 1 aromatic rings. The molecule has 1 fully saturated rings. The summed E-state index contributed by atoms with van der Waals surface area (Å²) in [5.74, 6) is 0.805. The van der Waals surface area contributed by atoms with Crippen LogP contribution in [0.4, 0.5) is 0 Å². The summed E-state index contributed by atoms with van der Waals surface area (Å²) >= 11 is 5.97. The fourth-order valence-corrected chi connectivity index (χ4v) is 2.50. The number of benzene rings is 1. The molecule has 0 aliphatic carbocycles. The molecule has 0 atom stereocenters. The van der Waals surface area contributed by atoms with Crippen LogP contribution < -0.4 is 10.5 Å². The van der Waals surface area contributed by atoms with Crippen molar-refractivity contribution >= 4 is 17.5 Å². The summed E-state index contributed by atoms with van der Waals surface area (Å²) in [6.07, 6.45) is 2.07. The van der Waals surface area contributed by atoms with Crippen molar-refractivity contribution in [3.8, 4) is 5.75 Å². The summed E-state index contributed by atoms with van der Waals surface area (Å²) in [5, 5.41) is 0.615. The monoisotopic (exact) mass is 282 g/mol. The highest BCUT2D eigenvalue weighted by atomic mass is 35.5. The fraction of sp³-hybridized carbons (Fsp3) is 0.500. The van der Waals surface area contributed by atoms with Crippen LogP contribution in [0.5, 0.6) is 5.75 Å². The lowest BCUT2D eigenvalue weighted by Crippen LogP contribution is -2.43. The largest absolute Gasteiger partial charge is 0.496 e. The Balaban J connectivity index is 2.04. The smallest absolute Gasteiger partial charge is 0.227 e. The summed E-state index contributed by atoms with van der Waals surface area (Å²) < 4.78 is 5.26. The van der Waals surface area contributed by atoms with Crippen molar-refractivity contribution in [2.75, 3.05) is 20.2 Å². The van der Waals surface area contributed by atoms with Gasteiger partial charge in [-0.2, -0.15) is 0 Å². The van der Waals surface area contributed by atoms with Crippen molar-refractivity contribution < 1.29 is 9.53 Å². The first-order valence-electron chi connectivity index (χ1n) is 6.46. The van der Waals surface area contributed by atoms with Gasteiger partial charge in [-0.15, -0.1) is 0 Å². The van der Waals surface area contributed by atoms with Crippen molar-refractivity contribution in [2.45, 2.75) is 25.3 Å². The summed E-state index contributed by atoms with van der Waals surface area (Å²) in [6, 6.07) is 5.56. The molecular formula is C14H19ClN2O2. The molecular weight excluding hydrogens is 264 g/mol. The van der Waals surface area contributed by atoms with E-state index in [1.54, 1.807) is 25.3 Å². The molecule has 1 aliphatic rings. The molecule has 1 heterocycles. The van der Waals surface area contributed by atoms with Crippen molar-refractivity contribution in [1.29, 1.82) is 0 Å². The zero-order valence-electron chi connectivity index (χ0n) is 11.1. The Morgan fingerprint density at radius 2 is 2.16 bits per heavy atom. The molecule has 1 saturated heterocycles. The second-order valence-corrected chi connectivity index (χ2v) is 5.29. The molecule has 0 aromatic heterocycles.